The van der Waals surface area contributed by atoms with E-state index in [1.54, 1.807) is 6.19 Å². The number of thiocarbonyl (C=S) groups is 1. The Kier molecular flexibility index (Phi) is 4.41. The van der Waals surface area contributed by atoms with Gasteiger partial charge in [-0.15, -0.1) is 0 Å². The minimum absolute atomic E-state index is 0.347. The van der Waals surface area contributed by atoms with Crippen LogP contribution in [0.25, 0.3) is 0 Å². The van der Waals surface area contributed by atoms with Crippen LogP contribution in [0.3, 0.4) is 0 Å². The zero-order valence-electron chi connectivity index (χ0n) is 4.26. The van der Waals surface area contributed by atoms with Gasteiger partial charge in [0.05, 0.1) is 0 Å². The lowest BCUT2D eigenvalue weighted by atomic mass is 11.1. The second kappa shape index (κ2) is 4.68. The Labute approximate surface area is 57.6 Å². The molecule has 0 aliphatic carbocycles. The zero-order chi connectivity index (χ0) is 6.41. The molecule has 2 N–H and O–H groups in total. The Bertz CT molecular complexity index is 116. The highest BCUT2D eigenvalue weighted by Gasteiger charge is 1.85. The predicted octanol–water partition coefficient (Wildman–Crippen LogP) is 0.210. The first kappa shape index (κ1) is 7.53. The molecule has 44 valence electrons. The van der Waals surface area contributed by atoms with Gasteiger partial charge >= 0.3 is 0 Å². The van der Waals surface area contributed by atoms with E-state index in [2.05, 4.69) is 22.3 Å². The molecule has 0 bridgehead atoms. The molecule has 0 radical (unpaired) electrons. The second-order valence-electron chi connectivity index (χ2n) is 0.872. The van der Waals surface area contributed by atoms with Gasteiger partial charge in [-0.2, -0.15) is 5.26 Å². The predicted molar refractivity (Wildman–Crippen MR) is 38.0 cm³/mol. The fourth-order valence-electron chi connectivity index (χ4n) is 0.169. The second-order valence-corrected chi connectivity index (χ2v) is 1.89. The third-order valence-corrected chi connectivity index (χ3v) is 1.11. The van der Waals surface area contributed by atoms with Gasteiger partial charge in [0.2, 0.25) is 0 Å². The molecule has 8 heavy (non-hydrogen) atoms. The summed E-state index contributed by atoms with van der Waals surface area (Å²) in [5, 5.41) is 10.6. The van der Waals surface area contributed by atoms with E-state index < -0.39 is 0 Å². The van der Waals surface area contributed by atoms with Crippen molar-refractivity contribution in [3.05, 3.63) is 0 Å². The summed E-state index contributed by atoms with van der Waals surface area (Å²) in [6, 6.07) is 0. The first-order valence-electron chi connectivity index (χ1n) is 1.79. The van der Waals surface area contributed by atoms with E-state index in [0.717, 1.165) is 0 Å². The molecule has 0 rings (SSSR count). The van der Waals surface area contributed by atoms with Gasteiger partial charge in [-0.25, -0.2) is 0 Å². The van der Waals surface area contributed by atoms with Gasteiger partial charge in [0, 0.05) is 6.26 Å². The molecule has 3 nitrogen and oxygen atoms in total. The van der Waals surface area contributed by atoms with Crippen LogP contribution in [0.2, 0.25) is 0 Å². The molecule has 0 atom stereocenters. The Morgan fingerprint density at radius 1 is 1.88 bits per heavy atom. The van der Waals surface area contributed by atoms with Crippen LogP contribution >= 0.6 is 24.2 Å². The van der Waals surface area contributed by atoms with Gasteiger partial charge in [-0.05, 0) is 12.2 Å². The van der Waals surface area contributed by atoms with Crippen LogP contribution in [0.5, 0.6) is 0 Å². The van der Waals surface area contributed by atoms with Crippen molar-refractivity contribution in [2.24, 2.45) is 0 Å². The average molecular weight is 147 g/mol. The fraction of sp³-hybridized carbons (Fsp3) is 0.333. The summed E-state index contributed by atoms with van der Waals surface area (Å²) in [6.45, 7) is 0. The van der Waals surface area contributed by atoms with E-state index in [4.69, 9.17) is 5.26 Å². The number of nitrogens with one attached hydrogen (secondary N) is 2. The molecule has 0 fully saturated rings. The Hall–Kier alpha value is -0.470. The Morgan fingerprint density at radius 3 is 2.88 bits per heavy atom. The standard InChI is InChI=1S/C3H5N3S2/c1-8-6-3(7)5-2-4/h1H3,(H2,5,6,7). The van der Waals surface area contributed by atoms with Crippen LogP contribution < -0.4 is 10.0 Å². The summed E-state index contributed by atoms with van der Waals surface area (Å²) in [7, 11) is 0. The molecular weight excluding hydrogens is 142 g/mol. The van der Waals surface area contributed by atoms with Crippen molar-refractivity contribution in [3.8, 4) is 6.19 Å². The van der Waals surface area contributed by atoms with Crippen molar-refractivity contribution in [2.45, 2.75) is 0 Å². The van der Waals surface area contributed by atoms with Gasteiger partial charge in [0.1, 0.15) is 0 Å². The maximum atomic E-state index is 7.97. The summed E-state index contributed by atoms with van der Waals surface area (Å²) in [6.07, 6.45) is 3.51. The lowest BCUT2D eigenvalue weighted by molar-refractivity contribution is 1.24. The first-order chi connectivity index (χ1) is 3.81. The van der Waals surface area contributed by atoms with Crippen molar-refractivity contribution < 1.29 is 0 Å². The number of hydrogen-bond acceptors (Lipinski definition) is 3. The Balaban J connectivity index is 3.23. The number of rotatable bonds is 1. The minimum atomic E-state index is 0.347. The van der Waals surface area contributed by atoms with Crippen LogP contribution in [0.1, 0.15) is 0 Å². The van der Waals surface area contributed by atoms with Crippen molar-refractivity contribution in [1.29, 1.82) is 5.26 Å². The number of nitrogens with zero attached hydrogens (tertiary/aromatic N) is 1. The Morgan fingerprint density at radius 2 is 2.50 bits per heavy atom. The number of nitriles is 1. The maximum absolute atomic E-state index is 7.97. The molecule has 0 aliphatic rings. The molecule has 0 heterocycles. The van der Waals surface area contributed by atoms with Crippen LogP contribution in [-0.4, -0.2) is 11.4 Å². The van der Waals surface area contributed by atoms with E-state index in [-0.39, 0.29) is 0 Å². The minimum Gasteiger partial charge on any atom is -0.306 e. The summed E-state index contributed by atoms with van der Waals surface area (Å²) in [5.74, 6) is 0. The molecule has 5 heteroatoms. The van der Waals surface area contributed by atoms with Crippen LogP contribution in [0, 0.1) is 11.5 Å². The van der Waals surface area contributed by atoms with Gasteiger partial charge in [-0.1, -0.05) is 11.9 Å². The summed E-state index contributed by atoms with van der Waals surface area (Å²) >= 11 is 5.93. The SMILES string of the molecule is CSNC(=S)NC#N. The monoisotopic (exact) mass is 147 g/mol. The molecule has 0 saturated carbocycles. The van der Waals surface area contributed by atoms with Crippen molar-refractivity contribution in [1.82, 2.24) is 10.0 Å². The lowest BCUT2D eigenvalue weighted by Gasteiger charge is -1.97. The van der Waals surface area contributed by atoms with Crippen molar-refractivity contribution in [2.75, 3.05) is 6.26 Å². The van der Waals surface area contributed by atoms with Gasteiger partial charge < -0.3 is 4.72 Å². The highest BCUT2D eigenvalue weighted by Crippen LogP contribution is 1.79. The lowest BCUT2D eigenvalue weighted by Crippen LogP contribution is -2.26. The molecule has 0 unspecified atom stereocenters. The third-order valence-electron chi connectivity index (χ3n) is 0.364. The van der Waals surface area contributed by atoms with E-state index in [0.29, 0.717) is 5.11 Å². The highest BCUT2D eigenvalue weighted by molar-refractivity contribution is 7.98. The van der Waals surface area contributed by atoms with Gasteiger partial charge in [0.25, 0.3) is 0 Å². The molecule has 0 amide bonds. The summed E-state index contributed by atoms with van der Waals surface area (Å²) in [5.41, 5.74) is 0. The summed E-state index contributed by atoms with van der Waals surface area (Å²) in [4.78, 5) is 0. The highest BCUT2D eigenvalue weighted by atomic mass is 32.2. The molecule has 0 aromatic heterocycles. The van der Waals surface area contributed by atoms with Gasteiger partial charge in [0.15, 0.2) is 11.3 Å². The number of hydrogen-bond donors (Lipinski definition) is 2. The molecule has 0 aliphatic heterocycles. The van der Waals surface area contributed by atoms with Crippen LogP contribution in [-0.2, 0) is 0 Å². The van der Waals surface area contributed by atoms with Gasteiger partial charge in [-0.3, -0.25) is 5.32 Å². The topological polar surface area (TPSA) is 47.8 Å². The third kappa shape index (κ3) is 3.71. The van der Waals surface area contributed by atoms with Crippen molar-refractivity contribution in [3.63, 3.8) is 0 Å². The van der Waals surface area contributed by atoms with E-state index in [9.17, 15) is 0 Å². The zero-order valence-corrected chi connectivity index (χ0v) is 5.90. The molecule has 0 spiro atoms. The molecule has 0 aromatic rings. The fourth-order valence-corrected chi connectivity index (χ4v) is 0.701. The van der Waals surface area contributed by atoms with E-state index in [1.165, 1.54) is 11.9 Å². The molecular formula is C3H5N3S2. The van der Waals surface area contributed by atoms with Crippen LogP contribution in [0.15, 0.2) is 0 Å². The van der Waals surface area contributed by atoms with E-state index in [1.807, 2.05) is 6.26 Å². The van der Waals surface area contributed by atoms with Crippen molar-refractivity contribution >= 4 is 29.3 Å². The molecule has 0 aromatic carbocycles. The largest absolute Gasteiger partial charge is 0.306 e. The summed E-state index contributed by atoms with van der Waals surface area (Å²) < 4.78 is 2.66. The quantitative estimate of drug-likeness (QED) is 0.240. The van der Waals surface area contributed by atoms with Crippen LogP contribution in [0.4, 0.5) is 0 Å². The smallest absolute Gasteiger partial charge is 0.189 e. The first-order valence-corrected chi connectivity index (χ1v) is 3.42. The normalized spacial score (nSPS) is 7.00. The average Bonchev–Trinajstić information content (AvgIpc) is 1.68. The van der Waals surface area contributed by atoms with E-state index >= 15 is 0 Å². The molecule has 0 saturated heterocycles. The maximum Gasteiger partial charge on any atom is 0.189 e.